The van der Waals surface area contributed by atoms with Crippen LogP contribution in [0.15, 0.2) is 18.2 Å². The largest absolute Gasteiger partial charge is 0.376 e. The smallest absolute Gasteiger partial charge is 0.129 e. The Kier molecular flexibility index (Phi) is 3.79. The maximum atomic E-state index is 13.6. The van der Waals surface area contributed by atoms with Gasteiger partial charge in [0.25, 0.3) is 0 Å². The monoisotopic (exact) mass is 243 g/mol. The van der Waals surface area contributed by atoms with Crippen molar-refractivity contribution in [2.75, 3.05) is 19.7 Å². The normalized spacial score (nSPS) is 22.3. The van der Waals surface area contributed by atoms with Gasteiger partial charge in [-0.25, -0.2) is 4.39 Å². The van der Waals surface area contributed by atoms with Crippen molar-refractivity contribution in [1.29, 1.82) is 0 Å². The number of benzene rings is 1. The summed E-state index contributed by atoms with van der Waals surface area (Å²) in [5.41, 5.74) is 0.582. The highest BCUT2D eigenvalue weighted by Crippen LogP contribution is 2.21. The summed E-state index contributed by atoms with van der Waals surface area (Å²) in [7, 11) is 0. The molecule has 0 amide bonds. The third-order valence-corrected chi connectivity index (χ3v) is 3.12. The summed E-state index contributed by atoms with van der Waals surface area (Å²) in [6.45, 7) is 4.93. The Bertz CT molecular complexity index is 352. The van der Waals surface area contributed by atoms with Gasteiger partial charge in [-0.05, 0) is 19.1 Å². The number of hydrogen-bond donors (Lipinski definition) is 0. The molecule has 1 atom stereocenters. The third-order valence-electron chi connectivity index (χ3n) is 2.77. The molecule has 0 spiro atoms. The van der Waals surface area contributed by atoms with E-state index < -0.39 is 0 Å². The molecule has 0 bridgehead atoms. The molecule has 1 aliphatic rings. The van der Waals surface area contributed by atoms with Gasteiger partial charge in [-0.3, -0.25) is 4.90 Å². The molecule has 4 heteroatoms. The highest BCUT2D eigenvalue weighted by atomic mass is 35.5. The molecule has 1 saturated heterocycles. The van der Waals surface area contributed by atoms with Crippen molar-refractivity contribution in [2.45, 2.75) is 19.6 Å². The molecule has 2 nitrogen and oxygen atoms in total. The van der Waals surface area contributed by atoms with Crippen LogP contribution in [0.25, 0.3) is 0 Å². The van der Waals surface area contributed by atoms with Crippen LogP contribution < -0.4 is 0 Å². The van der Waals surface area contributed by atoms with Gasteiger partial charge in [0.2, 0.25) is 0 Å². The summed E-state index contributed by atoms with van der Waals surface area (Å²) in [4.78, 5) is 2.17. The first-order valence-corrected chi connectivity index (χ1v) is 5.81. The van der Waals surface area contributed by atoms with E-state index in [2.05, 4.69) is 4.90 Å². The average Bonchev–Trinajstić information content (AvgIpc) is 2.24. The first-order valence-electron chi connectivity index (χ1n) is 5.43. The Morgan fingerprint density at radius 2 is 2.38 bits per heavy atom. The predicted octanol–water partition coefficient (Wildman–Crippen LogP) is 2.70. The summed E-state index contributed by atoms with van der Waals surface area (Å²) in [5, 5.41) is 0.499. The summed E-state index contributed by atoms with van der Waals surface area (Å²) < 4.78 is 19.0. The highest BCUT2D eigenvalue weighted by molar-refractivity contribution is 6.31. The van der Waals surface area contributed by atoms with Gasteiger partial charge in [-0.2, -0.15) is 0 Å². The van der Waals surface area contributed by atoms with E-state index in [1.165, 1.54) is 6.07 Å². The van der Waals surface area contributed by atoms with Crippen molar-refractivity contribution in [3.05, 3.63) is 34.6 Å². The molecule has 2 rings (SSSR count). The summed E-state index contributed by atoms with van der Waals surface area (Å²) >= 11 is 5.99. The molecule has 0 N–H and O–H groups in total. The van der Waals surface area contributed by atoms with Crippen LogP contribution in [-0.4, -0.2) is 30.7 Å². The van der Waals surface area contributed by atoms with Crippen LogP contribution in [0.2, 0.25) is 5.02 Å². The lowest BCUT2D eigenvalue weighted by Crippen LogP contribution is -2.40. The highest BCUT2D eigenvalue weighted by Gasteiger charge is 2.18. The fraction of sp³-hybridized carbons (Fsp3) is 0.500. The van der Waals surface area contributed by atoms with Gasteiger partial charge in [0.1, 0.15) is 5.82 Å². The fourth-order valence-electron chi connectivity index (χ4n) is 1.94. The predicted molar refractivity (Wildman–Crippen MR) is 62.1 cm³/mol. The maximum absolute atomic E-state index is 13.6. The standard InChI is InChI=1S/C12H15ClFNO/c1-9-7-15(5-6-16-9)8-10-11(13)3-2-4-12(10)14/h2-4,9H,5-8H2,1H3. The van der Waals surface area contributed by atoms with Crippen molar-refractivity contribution in [3.63, 3.8) is 0 Å². The number of ether oxygens (including phenoxy) is 1. The second-order valence-corrected chi connectivity index (χ2v) is 4.52. The van der Waals surface area contributed by atoms with Gasteiger partial charge in [-0.15, -0.1) is 0 Å². The van der Waals surface area contributed by atoms with E-state index in [0.717, 1.165) is 13.1 Å². The van der Waals surface area contributed by atoms with Gasteiger partial charge >= 0.3 is 0 Å². The molecule has 1 unspecified atom stereocenters. The maximum Gasteiger partial charge on any atom is 0.129 e. The SMILES string of the molecule is CC1CN(Cc2c(F)cccc2Cl)CCO1. The molecule has 1 aliphatic heterocycles. The topological polar surface area (TPSA) is 12.5 Å². The average molecular weight is 244 g/mol. The molecule has 1 aromatic rings. The van der Waals surface area contributed by atoms with Crippen molar-refractivity contribution in [2.24, 2.45) is 0 Å². The zero-order valence-electron chi connectivity index (χ0n) is 9.25. The first-order chi connectivity index (χ1) is 7.66. The molecular weight excluding hydrogens is 229 g/mol. The molecule has 0 saturated carbocycles. The third kappa shape index (κ3) is 2.73. The molecule has 0 aromatic heterocycles. The molecule has 1 heterocycles. The van der Waals surface area contributed by atoms with E-state index in [4.69, 9.17) is 16.3 Å². The van der Waals surface area contributed by atoms with Crippen molar-refractivity contribution in [3.8, 4) is 0 Å². The van der Waals surface area contributed by atoms with Gasteiger partial charge < -0.3 is 4.74 Å². The molecule has 1 aromatic carbocycles. The second-order valence-electron chi connectivity index (χ2n) is 4.12. The quantitative estimate of drug-likeness (QED) is 0.792. The Morgan fingerprint density at radius 1 is 1.56 bits per heavy atom. The first kappa shape index (κ1) is 11.8. The summed E-state index contributed by atoms with van der Waals surface area (Å²) in [6.07, 6.45) is 0.208. The number of halogens is 2. The van der Waals surface area contributed by atoms with Crippen LogP contribution in [0.5, 0.6) is 0 Å². The van der Waals surface area contributed by atoms with Crippen LogP contribution >= 0.6 is 11.6 Å². The van der Waals surface area contributed by atoms with E-state index in [0.29, 0.717) is 23.7 Å². The Hall–Kier alpha value is -0.640. The van der Waals surface area contributed by atoms with Gasteiger partial charge in [0.15, 0.2) is 0 Å². The lowest BCUT2D eigenvalue weighted by atomic mass is 10.2. The van der Waals surface area contributed by atoms with Crippen LogP contribution in [-0.2, 0) is 11.3 Å². The van der Waals surface area contributed by atoms with E-state index >= 15 is 0 Å². The van der Waals surface area contributed by atoms with Crippen LogP contribution in [0.3, 0.4) is 0 Å². The Labute approximate surface area is 100.0 Å². The Balaban J connectivity index is 2.08. The number of hydrogen-bond acceptors (Lipinski definition) is 2. The van der Waals surface area contributed by atoms with E-state index in [-0.39, 0.29) is 11.9 Å². The lowest BCUT2D eigenvalue weighted by Gasteiger charge is -2.31. The van der Waals surface area contributed by atoms with Crippen LogP contribution in [0, 0.1) is 5.82 Å². The molecule has 88 valence electrons. The minimum Gasteiger partial charge on any atom is -0.376 e. The minimum absolute atomic E-state index is 0.208. The molecular formula is C12H15ClFNO. The van der Waals surface area contributed by atoms with E-state index in [1.54, 1.807) is 12.1 Å². The van der Waals surface area contributed by atoms with E-state index in [1.807, 2.05) is 6.92 Å². The van der Waals surface area contributed by atoms with Gasteiger partial charge in [0.05, 0.1) is 12.7 Å². The van der Waals surface area contributed by atoms with Crippen LogP contribution in [0.1, 0.15) is 12.5 Å². The molecule has 0 radical (unpaired) electrons. The number of rotatable bonds is 2. The molecule has 0 aliphatic carbocycles. The van der Waals surface area contributed by atoms with Crippen molar-refractivity contribution < 1.29 is 9.13 Å². The number of morpholine rings is 1. The zero-order valence-corrected chi connectivity index (χ0v) is 10.0. The van der Waals surface area contributed by atoms with Crippen LogP contribution in [0.4, 0.5) is 4.39 Å². The van der Waals surface area contributed by atoms with Gasteiger partial charge in [-0.1, -0.05) is 17.7 Å². The minimum atomic E-state index is -0.230. The summed E-state index contributed by atoms with van der Waals surface area (Å²) in [5.74, 6) is -0.230. The van der Waals surface area contributed by atoms with Gasteiger partial charge in [0, 0.05) is 30.2 Å². The van der Waals surface area contributed by atoms with E-state index in [9.17, 15) is 4.39 Å². The van der Waals surface area contributed by atoms with Crippen molar-refractivity contribution in [1.82, 2.24) is 4.90 Å². The number of nitrogens with zero attached hydrogens (tertiary/aromatic N) is 1. The molecule has 16 heavy (non-hydrogen) atoms. The Morgan fingerprint density at radius 3 is 3.06 bits per heavy atom. The second kappa shape index (κ2) is 5.13. The fourth-order valence-corrected chi connectivity index (χ4v) is 2.16. The van der Waals surface area contributed by atoms with Crippen molar-refractivity contribution >= 4 is 11.6 Å². The molecule has 1 fully saturated rings. The zero-order chi connectivity index (χ0) is 11.5. The lowest BCUT2D eigenvalue weighted by molar-refractivity contribution is -0.0215. The summed E-state index contributed by atoms with van der Waals surface area (Å²) in [6, 6.07) is 4.80.